The lowest BCUT2D eigenvalue weighted by Crippen LogP contribution is -2.70. The van der Waals surface area contributed by atoms with Gasteiger partial charge in [0.25, 0.3) is 5.91 Å². The van der Waals surface area contributed by atoms with Crippen LogP contribution in [-0.4, -0.2) is 54.5 Å². The SMILES string of the molecule is CS(=O)(=O)C1=C(C(=O)OCc2ccccc2)N2C(=O)[C@@H](NC(=O)Cc3ccccc3)[C@H]2SC1. The quantitative estimate of drug-likeness (QED) is 0.468. The van der Waals surface area contributed by atoms with Gasteiger partial charge in [0.15, 0.2) is 9.84 Å². The van der Waals surface area contributed by atoms with Crippen molar-refractivity contribution in [3.8, 4) is 0 Å². The first-order valence-electron chi connectivity index (χ1n) is 10.2. The number of sulfone groups is 1. The van der Waals surface area contributed by atoms with E-state index in [0.717, 1.165) is 22.3 Å². The fourth-order valence-corrected chi connectivity index (χ4v) is 6.45. The third kappa shape index (κ3) is 4.96. The molecule has 0 bridgehead atoms. The highest BCUT2D eigenvalue weighted by Crippen LogP contribution is 2.42. The molecule has 2 atom stereocenters. The fourth-order valence-electron chi connectivity index (χ4n) is 3.66. The van der Waals surface area contributed by atoms with Crippen molar-refractivity contribution in [2.75, 3.05) is 12.0 Å². The van der Waals surface area contributed by atoms with E-state index >= 15 is 0 Å². The van der Waals surface area contributed by atoms with E-state index in [1.165, 1.54) is 11.8 Å². The zero-order valence-corrected chi connectivity index (χ0v) is 19.4. The lowest BCUT2D eigenvalue weighted by Gasteiger charge is -2.49. The van der Waals surface area contributed by atoms with Crippen molar-refractivity contribution in [3.05, 3.63) is 82.4 Å². The Kier molecular flexibility index (Phi) is 6.57. The molecule has 8 nitrogen and oxygen atoms in total. The molecule has 0 aromatic heterocycles. The molecular weight excluding hydrogens is 464 g/mol. The maximum Gasteiger partial charge on any atom is 0.356 e. The Labute approximate surface area is 195 Å². The largest absolute Gasteiger partial charge is 0.456 e. The van der Waals surface area contributed by atoms with Crippen LogP contribution in [0.3, 0.4) is 0 Å². The van der Waals surface area contributed by atoms with Gasteiger partial charge in [0.1, 0.15) is 23.7 Å². The number of fused-ring (bicyclic) bond motifs is 1. The summed E-state index contributed by atoms with van der Waals surface area (Å²) < 4.78 is 30.0. The molecule has 2 amide bonds. The second kappa shape index (κ2) is 9.40. The van der Waals surface area contributed by atoms with Crippen molar-refractivity contribution in [3.63, 3.8) is 0 Å². The van der Waals surface area contributed by atoms with E-state index in [9.17, 15) is 22.8 Å². The van der Waals surface area contributed by atoms with Crippen LogP contribution in [0, 0.1) is 0 Å². The Hall–Kier alpha value is -3.11. The maximum absolute atomic E-state index is 12.9. The molecule has 4 rings (SSSR count). The molecule has 1 fully saturated rings. The van der Waals surface area contributed by atoms with Gasteiger partial charge in [-0.3, -0.25) is 14.5 Å². The number of hydrogen-bond donors (Lipinski definition) is 1. The minimum absolute atomic E-state index is 0.00804. The lowest BCUT2D eigenvalue weighted by atomic mass is 10.0. The molecule has 33 heavy (non-hydrogen) atoms. The molecule has 2 aliphatic rings. The Bertz CT molecular complexity index is 1210. The molecular formula is C23H22N2O6S2. The van der Waals surface area contributed by atoms with E-state index in [4.69, 9.17) is 4.74 Å². The molecule has 172 valence electrons. The van der Waals surface area contributed by atoms with Crippen molar-refractivity contribution >= 4 is 39.4 Å². The summed E-state index contributed by atoms with van der Waals surface area (Å²) in [6.45, 7) is -0.0582. The number of carbonyl (C=O) groups excluding carboxylic acids is 3. The van der Waals surface area contributed by atoms with Crippen molar-refractivity contribution in [2.45, 2.75) is 24.4 Å². The summed E-state index contributed by atoms with van der Waals surface area (Å²) in [6.07, 6.45) is 1.11. The van der Waals surface area contributed by atoms with E-state index in [1.54, 1.807) is 24.3 Å². The number of amides is 2. The highest BCUT2D eigenvalue weighted by atomic mass is 32.2. The molecule has 0 aliphatic carbocycles. The van der Waals surface area contributed by atoms with Crippen LogP contribution in [0.1, 0.15) is 11.1 Å². The van der Waals surface area contributed by atoms with E-state index in [-0.39, 0.29) is 35.3 Å². The molecule has 2 heterocycles. The standard InChI is InChI=1S/C23H22N2O6S2/c1-33(29,30)17-14-32-22-19(24-18(26)12-15-8-4-2-5-9-15)21(27)25(22)20(17)23(28)31-13-16-10-6-3-7-11-16/h2-11,19,22H,12-14H2,1H3,(H,24,26)/t19-,22-/m1/s1. The van der Waals surface area contributed by atoms with Crippen LogP contribution in [0.4, 0.5) is 0 Å². The Balaban J connectivity index is 1.50. The second-order valence-corrected chi connectivity index (χ2v) is 10.9. The van der Waals surface area contributed by atoms with Crippen LogP contribution >= 0.6 is 11.8 Å². The van der Waals surface area contributed by atoms with Gasteiger partial charge >= 0.3 is 5.97 Å². The van der Waals surface area contributed by atoms with Gasteiger partial charge in [-0.05, 0) is 11.1 Å². The molecule has 0 unspecified atom stereocenters. The van der Waals surface area contributed by atoms with E-state index in [1.807, 2.05) is 36.4 Å². The molecule has 1 saturated heterocycles. The number of β-lactam (4-membered cyclic amide) rings is 1. The van der Waals surface area contributed by atoms with Gasteiger partial charge in [-0.15, -0.1) is 11.8 Å². The molecule has 2 aromatic carbocycles. The maximum atomic E-state index is 12.9. The number of carbonyl (C=O) groups is 3. The summed E-state index contributed by atoms with van der Waals surface area (Å²) in [5.41, 5.74) is 1.27. The Morgan fingerprint density at radius 1 is 1.06 bits per heavy atom. The number of thioether (sulfide) groups is 1. The summed E-state index contributed by atoms with van der Waals surface area (Å²) in [7, 11) is -3.75. The number of hydrogen-bond acceptors (Lipinski definition) is 7. The van der Waals surface area contributed by atoms with Crippen molar-refractivity contribution < 1.29 is 27.5 Å². The molecule has 0 radical (unpaired) electrons. The molecule has 1 N–H and O–H groups in total. The molecule has 0 spiro atoms. The average Bonchev–Trinajstić information content (AvgIpc) is 2.80. The van der Waals surface area contributed by atoms with Crippen LogP contribution in [0.5, 0.6) is 0 Å². The van der Waals surface area contributed by atoms with Gasteiger partial charge in [-0.2, -0.15) is 0 Å². The van der Waals surface area contributed by atoms with Crippen LogP contribution in [0.15, 0.2) is 71.3 Å². The normalized spacial score (nSPS) is 20.0. The van der Waals surface area contributed by atoms with E-state index in [0.29, 0.717) is 0 Å². The van der Waals surface area contributed by atoms with E-state index < -0.39 is 33.1 Å². The van der Waals surface area contributed by atoms with Crippen LogP contribution < -0.4 is 5.32 Å². The number of ether oxygens (including phenoxy) is 1. The number of esters is 1. The van der Waals surface area contributed by atoms with Gasteiger partial charge in [0.2, 0.25) is 5.91 Å². The van der Waals surface area contributed by atoms with Gasteiger partial charge in [-0.1, -0.05) is 60.7 Å². The first-order valence-corrected chi connectivity index (χ1v) is 13.1. The monoisotopic (exact) mass is 486 g/mol. The number of nitrogens with one attached hydrogen (secondary N) is 1. The summed E-state index contributed by atoms with van der Waals surface area (Å²) in [4.78, 5) is 39.2. The zero-order chi connectivity index (χ0) is 23.6. The van der Waals surface area contributed by atoms with Crippen LogP contribution in [0.25, 0.3) is 0 Å². The highest BCUT2D eigenvalue weighted by molar-refractivity contribution is 8.02. The lowest BCUT2D eigenvalue weighted by molar-refractivity contribution is -0.153. The van der Waals surface area contributed by atoms with Gasteiger partial charge < -0.3 is 10.1 Å². The second-order valence-electron chi connectivity index (χ2n) is 7.72. The van der Waals surface area contributed by atoms with Crippen molar-refractivity contribution in [2.24, 2.45) is 0 Å². The Morgan fingerprint density at radius 2 is 1.67 bits per heavy atom. The van der Waals surface area contributed by atoms with Gasteiger partial charge in [0.05, 0.1) is 11.3 Å². The summed E-state index contributed by atoms with van der Waals surface area (Å²) in [6, 6.07) is 17.2. The molecule has 10 heteroatoms. The van der Waals surface area contributed by atoms with Crippen LogP contribution in [0.2, 0.25) is 0 Å². The van der Waals surface area contributed by atoms with Crippen LogP contribution in [-0.2, 0) is 42.0 Å². The third-order valence-electron chi connectivity index (χ3n) is 5.31. The van der Waals surface area contributed by atoms with Crippen molar-refractivity contribution in [1.29, 1.82) is 0 Å². The third-order valence-corrected chi connectivity index (χ3v) is 8.01. The minimum Gasteiger partial charge on any atom is -0.456 e. The van der Waals surface area contributed by atoms with Gasteiger partial charge in [0, 0.05) is 12.0 Å². The number of rotatable bonds is 7. The van der Waals surface area contributed by atoms with Crippen molar-refractivity contribution in [1.82, 2.24) is 10.2 Å². The molecule has 2 aromatic rings. The minimum atomic E-state index is -3.75. The first-order chi connectivity index (χ1) is 15.8. The molecule has 0 saturated carbocycles. The van der Waals surface area contributed by atoms with E-state index in [2.05, 4.69) is 5.32 Å². The summed E-state index contributed by atoms with van der Waals surface area (Å²) >= 11 is 1.19. The predicted octanol–water partition coefficient (Wildman–Crippen LogP) is 1.63. The first kappa shape index (κ1) is 23.1. The summed E-state index contributed by atoms with van der Waals surface area (Å²) in [5, 5.41) is 2.13. The number of nitrogens with zero attached hydrogens (tertiary/aromatic N) is 1. The zero-order valence-electron chi connectivity index (χ0n) is 17.8. The average molecular weight is 487 g/mol. The summed E-state index contributed by atoms with van der Waals surface area (Å²) in [5.74, 6) is -1.74. The smallest absolute Gasteiger partial charge is 0.356 e. The molecule has 2 aliphatic heterocycles. The Morgan fingerprint density at radius 3 is 2.27 bits per heavy atom. The fraction of sp³-hybridized carbons (Fsp3) is 0.261. The topological polar surface area (TPSA) is 110 Å². The number of benzene rings is 2. The highest BCUT2D eigenvalue weighted by Gasteiger charge is 2.55. The van der Waals surface area contributed by atoms with Gasteiger partial charge in [-0.25, -0.2) is 13.2 Å². The predicted molar refractivity (Wildman–Crippen MR) is 123 cm³/mol.